The third kappa shape index (κ3) is 4.85. The molecule has 2 heterocycles. The summed E-state index contributed by atoms with van der Waals surface area (Å²) in [5, 5.41) is 11.5. The molecule has 8 nitrogen and oxygen atoms in total. The van der Waals surface area contributed by atoms with Gasteiger partial charge in [0.15, 0.2) is 0 Å². The van der Waals surface area contributed by atoms with Crippen molar-refractivity contribution in [3.63, 3.8) is 0 Å². The molecule has 0 aromatic heterocycles. The van der Waals surface area contributed by atoms with Crippen molar-refractivity contribution in [3.05, 3.63) is 69.2 Å². The molecule has 4 rings (SSSR count). The van der Waals surface area contributed by atoms with Gasteiger partial charge in [-0.25, -0.2) is 0 Å². The smallest absolute Gasteiger partial charge is 0.269 e. The zero-order valence-electron chi connectivity index (χ0n) is 17.7. The number of rotatable bonds is 4. The number of likely N-dealkylation sites (tertiary alicyclic amines) is 1. The summed E-state index contributed by atoms with van der Waals surface area (Å²) in [5.41, 5.74) is 1.46. The van der Waals surface area contributed by atoms with Crippen molar-refractivity contribution in [2.24, 2.45) is 5.92 Å². The molecule has 9 heteroatoms. The average Bonchev–Trinajstić information content (AvgIpc) is 2.83. The van der Waals surface area contributed by atoms with E-state index >= 15 is 0 Å². The molecule has 32 heavy (non-hydrogen) atoms. The number of hydrogen-bond acceptors (Lipinski definition) is 5. The van der Waals surface area contributed by atoms with Crippen molar-refractivity contribution >= 4 is 34.8 Å². The lowest BCUT2D eigenvalue weighted by Gasteiger charge is -2.39. The van der Waals surface area contributed by atoms with Gasteiger partial charge < -0.3 is 14.7 Å². The number of amides is 2. The molecule has 2 amide bonds. The maximum atomic E-state index is 13.0. The lowest BCUT2D eigenvalue weighted by Crippen LogP contribution is -2.52. The molecule has 0 unspecified atom stereocenters. The van der Waals surface area contributed by atoms with Crippen LogP contribution in [0, 0.1) is 16.0 Å². The average molecular weight is 457 g/mol. The van der Waals surface area contributed by atoms with Gasteiger partial charge >= 0.3 is 0 Å². The number of piperidine rings is 1. The summed E-state index contributed by atoms with van der Waals surface area (Å²) in [6.07, 6.45) is 1.26. The lowest BCUT2D eigenvalue weighted by molar-refractivity contribution is -0.384. The monoisotopic (exact) mass is 456 g/mol. The number of non-ortho nitro benzene ring substituents is 1. The second-order valence-electron chi connectivity index (χ2n) is 8.16. The van der Waals surface area contributed by atoms with Crippen molar-refractivity contribution < 1.29 is 14.5 Å². The molecule has 2 fully saturated rings. The van der Waals surface area contributed by atoms with E-state index in [2.05, 4.69) is 4.90 Å². The minimum absolute atomic E-state index is 0.0405. The third-order valence-corrected chi connectivity index (χ3v) is 6.46. The van der Waals surface area contributed by atoms with Crippen LogP contribution in [-0.4, -0.2) is 65.8 Å². The fraction of sp³-hybridized carbons (Fsp3) is 0.391. The molecule has 0 N–H and O–H groups in total. The minimum Gasteiger partial charge on any atom is -0.368 e. The van der Waals surface area contributed by atoms with Crippen molar-refractivity contribution in [1.82, 2.24) is 9.80 Å². The van der Waals surface area contributed by atoms with Crippen molar-refractivity contribution in [2.45, 2.75) is 12.8 Å². The predicted molar refractivity (Wildman–Crippen MR) is 122 cm³/mol. The SMILES string of the molecule is O=C(c1ccc([N+](=O)[O-])cc1)N1CCC(C(=O)N2CCN(c3cccc(Cl)c3)CC2)CC1. The number of hydrogen-bond donors (Lipinski definition) is 0. The number of carbonyl (C=O) groups excluding carboxylic acids is 2. The van der Waals surface area contributed by atoms with E-state index in [1.54, 1.807) is 4.90 Å². The number of nitro groups is 1. The van der Waals surface area contributed by atoms with E-state index < -0.39 is 4.92 Å². The van der Waals surface area contributed by atoms with Crippen molar-refractivity contribution in [3.8, 4) is 0 Å². The quantitative estimate of drug-likeness (QED) is 0.519. The van der Waals surface area contributed by atoms with Crippen LogP contribution < -0.4 is 4.90 Å². The molecule has 0 saturated carbocycles. The molecule has 0 aliphatic carbocycles. The number of piperazine rings is 1. The van der Waals surface area contributed by atoms with Crippen LogP contribution in [-0.2, 0) is 4.79 Å². The summed E-state index contributed by atoms with van der Waals surface area (Å²) in [4.78, 5) is 41.9. The topological polar surface area (TPSA) is 87.0 Å². The first-order valence-electron chi connectivity index (χ1n) is 10.8. The van der Waals surface area contributed by atoms with Gasteiger partial charge in [-0.2, -0.15) is 0 Å². The Kier molecular flexibility index (Phi) is 6.60. The standard InChI is InChI=1S/C23H25ClN4O4/c24-19-2-1-3-21(16-19)25-12-14-27(15-13-25)23(30)18-8-10-26(11-9-18)22(29)17-4-6-20(7-5-17)28(31)32/h1-7,16,18H,8-15H2. The van der Waals surface area contributed by atoms with Gasteiger partial charge in [-0.05, 0) is 43.2 Å². The van der Waals surface area contributed by atoms with Gasteiger partial charge in [0.05, 0.1) is 4.92 Å². The maximum Gasteiger partial charge on any atom is 0.269 e. The summed E-state index contributed by atoms with van der Waals surface area (Å²) in [6, 6.07) is 13.4. The largest absolute Gasteiger partial charge is 0.368 e. The fourth-order valence-electron chi connectivity index (χ4n) is 4.35. The van der Waals surface area contributed by atoms with Crippen LogP contribution in [0.25, 0.3) is 0 Å². The van der Waals surface area contributed by atoms with Gasteiger partial charge in [0, 0.05) is 73.6 Å². The molecule has 0 spiro atoms. The van der Waals surface area contributed by atoms with Gasteiger partial charge in [0.25, 0.3) is 11.6 Å². The Hall–Kier alpha value is -3.13. The van der Waals surface area contributed by atoms with Gasteiger partial charge in [-0.15, -0.1) is 0 Å². The second kappa shape index (κ2) is 9.56. The molecular weight excluding hydrogens is 432 g/mol. The molecule has 2 saturated heterocycles. The molecule has 2 aromatic rings. The predicted octanol–water partition coefficient (Wildman–Crippen LogP) is 3.45. The van der Waals surface area contributed by atoms with Crippen molar-refractivity contribution in [2.75, 3.05) is 44.2 Å². The number of halogens is 1. The van der Waals surface area contributed by atoms with Gasteiger partial charge in [-0.1, -0.05) is 17.7 Å². The molecule has 0 atom stereocenters. The lowest BCUT2D eigenvalue weighted by atomic mass is 9.94. The van der Waals surface area contributed by atoms with Crippen LogP contribution in [0.2, 0.25) is 5.02 Å². The molecular formula is C23H25ClN4O4. The number of anilines is 1. The van der Waals surface area contributed by atoms with Gasteiger partial charge in [0.2, 0.25) is 5.91 Å². The molecule has 168 valence electrons. The Morgan fingerprint density at radius 2 is 1.56 bits per heavy atom. The fourth-order valence-corrected chi connectivity index (χ4v) is 4.54. The van der Waals surface area contributed by atoms with E-state index in [-0.39, 0.29) is 23.4 Å². The molecule has 0 bridgehead atoms. The normalized spacial score (nSPS) is 17.3. The number of nitrogens with zero attached hydrogens (tertiary/aromatic N) is 4. The Labute approximate surface area is 191 Å². The Bertz CT molecular complexity index is 997. The van der Waals surface area contributed by atoms with Crippen LogP contribution in [0.4, 0.5) is 11.4 Å². The van der Waals surface area contributed by atoms with E-state index in [1.807, 2.05) is 29.2 Å². The zero-order valence-corrected chi connectivity index (χ0v) is 18.4. The van der Waals surface area contributed by atoms with Crippen LogP contribution in [0.3, 0.4) is 0 Å². The summed E-state index contributed by atoms with van der Waals surface area (Å²) < 4.78 is 0. The van der Waals surface area contributed by atoms with Gasteiger partial charge in [0.1, 0.15) is 0 Å². The van der Waals surface area contributed by atoms with E-state index in [4.69, 9.17) is 11.6 Å². The highest BCUT2D eigenvalue weighted by Gasteiger charge is 2.32. The van der Waals surface area contributed by atoms with Crippen LogP contribution in [0.5, 0.6) is 0 Å². The highest BCUT2D eigenvalue weighted by Crippen LogP contribution is 2.25. The number of carbonyl (C=O) groups is 2. The Morgan fingerprint density at radius 3 is 2.16 bits per heavy atom. The Morgan fingerprint density at radius 1 is 0.906 bits per heavy atom. The molecule has 2 aliphatic heterocycles. The summed E-state index contributed by atoms with van der Waals surface area (Å²) in [5.74, 6) is -0.0623. The van der Waals surface area contributed by atoms with Crippen LogP contribution in [0.15, 0.2) is 48.5 Å². The van der Waals surface area contributed by atoms with E-state index in [0.717, 1.165) is 18.8 Å². The second-order valence-corrected chi connectivity index (χ2v) is 8.60. The van der Waals surface area contributed by atoms with Crippen LogP contribution >= 0.6 is 11.6 Å². The molecule has 0 radical (unpaired) electrons. The molecule has 2 aliphatic rings. The number of nitro benzene ring substituents is 1. The minimum atomic E-state index is -0.486. The van der Waals surface area contributed by atoms with Crippen molar-refractivity contribution in [1.29, 1.82) is 0 Å². The highest BCUT2D eigenvalue weighted by atomic mass is 35.5. The zero-order chi connectivity index (χ0) is 22.7. The third-order valence-electron chi connectivity index (χ3n) is 6.22. The molecule has 2 aromatic carbocycles. The van der Waals surface area contributed by atoms with E-state index in [9.17, 15) is 19.7 Å². The van der Waals surface area contributed by atoms with E-state index in [0.29, 0.717) is 49.6 Å². The first-order valence-corrected chi connectivity index (χ1v) is 11.1. The summed E-state index contributed by atoms with van der Waals surface area (Å²) in [6.45, 7) is 3.90. The maximum absolute atomic E-state index is 13.0. The first-order chi connectivity index (χ1) is 15.4. The first kappa shape index (κ1) is 22.1. The van der Waals surface area contributed by atoms with Crippen LogP contribution in [0.1, 0.15) is 23.2 Å². The van der Waals surface area contributed by atoms with E-state index in [1.165, 1.54) is 24.3 Å². The summed E-state index contributed by atoms with van der Waals surface area (Å²) in [7, 11) is 0. The number of benzene rings is 2. The Balaban J connectivity index is 1.27. The summed E-state index contributed by atoms with van der Waals surface area (Å²) >= 11 is 6.09. The van der Waals surface area contributed by atoms with Gasteiger partial charge in [-0.3, -0.25) is 19.7 Å². The highest BCUT2D eigenvalue weighted by molar-refractivity contribution is 6.30.